The highest BCUT2D eigenvalue weighted by Crippen LogP contribution is 2.27. The van der Waals surface area contributed by atoms with Gasteiger partial charge in [-0.25, -0.2) is 14.4 Å². The van der Waals surface area contributed by atoms with E-state index in [1.54, 1.807) is 12.3 Å². The van der Waals surface area contributed by atoms with Crippen LogP contribution in [0.1, 0.15) is 25.0 Å². The molecule has 0 aliphatic heterocycles. The normalized spacial score (nSPS) is 12.3. The van der Waals surface area contributed by atoms with E-state index in [1.165, 1.54) is 12.1 Å². The van der Waals surface area contributed by atoms with Gasteiger partial charge in [0, 0.05) is 37.5 Å². The number of carbonyl (C=O) groups is 1. The van der Waals surface area contributed by atoms with Crippen LogP contribution in [0.3, 0.4) is 0 Å². The fourth-order valence-electron chi connectivity index (χ4n) is 3.38. The standard InChI is InChI=1S/C24H33FN4O3Si/c1-24(2,15-31)11-18-13-29(16-32-8-9-33(3,4)5)23-22(18)28-21(12-26-23)27-19-7-6-17(14-30)20(25)10-19/h6-7,10,12-13,15,30H,8-9,11,14,16H2,1-5H3,(H,27,28). The Kier molecular flexibility index (Phi) is 7.66. The van der Waals surface area contributed by atoms with Gasteiger partial charge in [0.15, 0.2) is 5.65 Å². The summed E-state index contributed by atoms with van der Waals surface area (Å²) >= 11 is 0. The average Bonchev–Trinajstić information content (AvgIpc) is 3.07. The minimum atomic E-state index is -1.19. The molecule has 33 heavy (non-hydrogen) atoms. The van der Waals surface area contributed by atoms with E-state index in [0.29, 0.717) is 42.4 Å². The first-order chi connectivity index (χ1) is 15.5. The van der Waals surface area contributed by atoms with Crippen LogP contribution in [0.5, 0.6) is 0 Å². The van der Waals surface area contributed by atoms with Crippen molar-refractivity contribution in [3.05, 3.63) is 47.5 Å². The first-order valence-electron chi connectivity index (χ1n) is 11.1. The number of anilines is 2. The first-order valence-corrected chi connectivity index (χ1v) is 14.8. The van der Waals surface area contributed by atoms with Crippen molar-refractivity contribution in [3.8, 4) is 0 Å². The second kappa shape index (κ2) is 10.1. The van der Waals surface area contributed by atoms with Crippen LogP contribution in [0, 0.1) is 11.2 Å². The van der Waals surface area contributed by atoms with Crippen LogP contribution in [0.2, 0.25) is 25.7 Å². The minimum absolute atomic E-state index is 0.228. The van der Waals surface area contributed by atoms with E-state index in [9.17, 15) is 9.18 Å². The van der Waals surface area contributed by atoms with Crippen LogP contribution in [0.25, 0.3) is 11.2 Å². The van der Waals surface area contributed by atoms with Crippen molar-refractivity contribution in [2.45, 2.75) is 59.3 Å². The fraction of sp³-hybridized carbons (Fsp3) is 0.458. The number of benzene rings is 1. The Morgan fingerprint density at radius 3 is 2.67 bits per heavy atom. The number of aromatic nitrogens is 3. The van der Waals surface area contributed by atoms with Crippen LogP contribution in [0.4, 0.5) is 15.9 Å². The van der Waals surface area contributed by atoms with Gasteiger partial charge in [-0.2, -0.15) is 0 Å². The topological polar surface area (TPSA) is 89.3 Å². The Morgan fingerprint density at radius 1 is 1.27 bits per heavy atom. The van der Waals surface area contributed by atoms with Crippen molar-refractivity contribution in [1.29, 1.82) is 0 Å². The van der Waals surface area contributed by atoms with E-state index in [2.05, 4.69) is 29.9 Å². The summed E-state index contributed by atoms with van der Waals surface area (Å²) in [7, 11) is -1.19. The molecule has 0 saturated carbocycles. The van der Waals surface area contributed by atoms with Crippen molar-refractivity contribution in [2.75, 3.05) is 11.9 Å². The second-order valence-corrected chi connectivity index (χ2v) is 15.9. The molecule has 0 atom stereocenters. The van der Waals surface area contributed by atoms with Crippen LogP contribution >= 0.6 is 0 Å². The molecule has 3 rings (SSSR count). The largest absolute Gasteiger partial charge is 0.392 e. The first kappa shape index (κ1) is 25.0. The lowest BCUT2D eigenvalue weighted by Crippen LogP contribution is -2.22. The van der Waals surface area contributed by atoms with Crippen molar-refractivity contribution < 1.29 is 19.0 Å². The van der Waals surface area contributed by atoms with Crippen LogP contribution in [-0.2, 0) is 29.3 Å². The molecule has 0 aliphatic rings. The van der Waals surface area contributed by atoms with Gasteiger partial charge in [0.25, 0.3) is 0 Å². The Morgan fingerprint density at radius 2 is 2.03 bits per heavy atom. The molecule has 7 nitrogen and oxygen atoms in total. The predicted molar refractivity (Wildman–Crippen MR) is 131 cm³/mol. The molecule has 0 aliphatic carbocycles. The van der Waals surface area contributed by atoms with Crippen LogP contribution < -0.4 is 5.32 Å². The molecule has 2 heterocycles. The molecule has 9 heteroatoms. The quantitative estimate of drug-likeness (QED) is 0.235. The highest BCUT2D eigenvalue weighted by Gasteiger charge is 2.22. The fourth-order valence-corrected chi connectivity index (χ4v) is 4.14. The highest BCUT2D eigenvalue weighted by molar-refractivity contribution is 6.76. The van der Waals surface area contributed by atoms with E-state index in [1.807, 2.05) is 24.6 Å². The maximum absolute atomic E-state index is 14.0. The minimum Gasteiger partial charge on any atom is -0.392 e. The van der Waals surface area contributed by atoms with Gasteiger partial charge in [-0.1, -0.05) is 39.6 Å². The van der Waals surface area contributed by atoms with Crippen molar-refractivity contribution >= 4 is 37.0 Å². The summed E-state index contributed by atoms with van der Waals surface area (Å²) in [5.41, 5.74) is 2.43. The average molecular weight is 473 g/mol. The number of nitrogens with one attached hydrogen (secondary N) is 1. The lowest BCUT2D eigenvalue weighted by molar-refractivity contribution is -0.114. The van der Waals surface area contributed by atoms with Gasteiger partial charge in [0.05, 0.1) is 12.8 Å². The Hall–Kier alpha value is -2.62. The number of ether oxygens (including phenoxy) is 1. The maximum Gasteiger partial charge on any atom is 0.161 e. The van der Waals surface area contributed by atoms with Crippen molar-refractivity contribution in [3.63, 3.8) is 0 Å². The number of carbonyl (C=O) groups excluding carboxylic acids is 1. The second-order valence-electron chi connectivity index (χ2n) is 10.3. The zero-order valence-electron chi connectivity index (χ0n) is 20.0. The van der Waals surface area contributed by atoms with E-state index in [4.69, 9.17) is 14.8 Å². The molecule has 0 spiro atoms. The number of fused-ring (bicyclic) bond motifs is 1. The monoisotopic (exact) mass is 472 g/mol. The van der Waals surface area contributed by atoms with Gasteiger partial charge in [-0.05, 0) is 30.2 Å². The molecular formula is C24H33FN4O3Si. The molecular weight excluding hydrogens is 439 g/mol. The number of aliphatic hydroxyl groups excluding tert-OH is 1. The summed E-state index contributed by atoms with van der Waals surface area (Å²) in [6.07, 6.45) is 4.99. The summed E-state index contributed by atoms with van der Waals surface area (Å²) in [5.74, 6) is -0.0345. The molecule has 2 aromatic heterocycles. The van der Waals surface area contributed by atoms with Gasteiger partial charge in [0.1, 0.15) is 30.2 Å². The molecule has 0 radical (unpaired) electrons. The molecule has 0 saturated heterocycles. The number of hydrogen-bond donors (Lipinski definition) is 2. The van der Waals surface area contributed by atoms with Crippen LogP contribution in [-0.4, -0.2) is 40.6 Å². The summed E-state index contributed by atoms with van der Waals surface area (Å²) < 4.78 is 21.9. The number of hydrogen-bond acceptors (Lipinski definition) is 6. The zero-order chi connectivity index (χ0) is 24.2. The Balaban J connectivity index is 1.89. The maximum atomic E-state index is 14.0. The number of aldehydes is 1. The van der Waals surface area contributed by atoms with Gasteiger partial charge in [-0.3, -0.25) is 0 Å². The number of nitrogens with zero attached hydrogens (tertiary/aromatic N) is 3. The summed E-state index contributed by atoms with van der Waals surface area (Å²) in [4.78, 5) is 20.8. The smallest absolute Gasteiger partial charge is 0.161 e. The van der Waals surface area contributed by atoms with Crippen molar-refractivity contribution in [2.24, 2.45) is 5.41 Å². The van der Waals surface area contributed by atoms with E-state index in [0.717, 1.165) is 17.9 Å². The molecule has 1 aromatic carbocycles. The number of rotatable bonds is 11. The summed E-state index contributed by atoms with van der Waals surface area (Å²) in [6.45, 7) is 11.4. The number of halogens is 1. The van der Waals surface area contributed by atoms with Gasteiger partial charge < -0.3 is 24.5 Å². The van der Waals surface area contributed by atoms with Crippen LogP contribution in [0.15, 0.2) is 30.6 Å². The third-order valence-electron chi connectivity index (χ3n) is 5.33. The van der Waals surface area contributed by atoms with Gasteiger partial charge in [-0.15, -0.1) is 0 Å². The van der Waals surface area contributed by atoms with E-state index in [-0.39, 0.29) is 12.2 Å². The van der Waals surface area contributed by atoms with Crippen molar-refractivity contribution in [1.82, 2.24) is 14.5 Å². The third-order valence-corrected chi connectivity index (χ3v) is 7.03. The van der Waals surface area contributed by atoms with Gasteiger partial charge >= 0.3 is 0 Å². The Bertz CT molecular complexity index is 1120. The SMILES string of the molecule is CC(C)(C=O)Cc1cn(COCC[Si](C)(C)C)c2ncc(Nc3ccc(CO)c(F)c3)nc12. The van der Waals surface area contributed by atoms with E-state index < -0.39 is 19.3 Å². The molecule has 0 bridgehead atoms. The van der Waals surface area contributed by atoms with E-state index >= 15 is 0 Å². The molecule has 0 unspecified atom stereocenters. The third kappa shape index (κ3) is 6.69. The highest BCUT2D eigenvalue weighted by atomic mass is 28.3. The Labute approximate surface area is 195 Å². The predicted octanol–water partition coefficient (Wildman–Crippen LogP) is 4.89. The zero-order valence-corrected chi connectivity index (χ0v) is 21.0. The lowest BCUT2D eigenvalue weighted by Gasteiger charge is -2.16. The molecule has 2 N–H and O–H groups in total. The molecule has 178 valence electrons. The van der Waals surface area contributed by atoms with Gasteiger partial charge in [0.2, 0.25) is 0 Å². The lowest BCUT2D eigenvalue weighted by atomic mass is 9.88. The molecule has 0 amide bonds. The molecule has 3 aromatic rings. The summed E-state index contributed by atoms with van der Waals surface area (Å²) in [5, 5.41) is 12.2. The number of aliphatic hydroxyl groups is 1. The summed E-state index contributed by atoms with van der Waals surface area (Å²) in [6, 6.07) is 5.58. The molecule has 0 fully saturated rings.